The molecule has 0 atom stereocenters. The zero-order valence-electron chi connectivity index (χ0n) is 18.2. The summed E-state index contributed by atoms with van der Waals surface area (Å²) in [4.78, 5) is 35.9. The molecule has 0 saturated heterocycles. The molecular formula is C23H30N4O3S. The van der Waals surface area contributed by atoms with Crippen LogP contribution >= 0.6 is 11.3 Å². The summed E-state index contributed by atoms with van der Waals surface area (Å²) in [5, 5.41) is 3.61. The van der Waals surface area contributed by atoms with Gasteiger partial charge in [0, 0.05) is 19.8 Å². The van der Waals surface area contributed by atoms with E-state index in [0.717, 1.165) is 24.8 Å². The molecule has 1 aromatic carbocycles. The summed E-state index contributed by atoms with van der Waals surface area (Å²) >= 11 is 1.24. The molecule has 2 amide bonds. The van der Waals surface area contributed by atoms with E-state index in [1.807, 2.05) is 37.3 Å². The van der Waals surface area contributed by atoms with Gasteiger partial charge in [-0.3, -0.25) is 4.90 Å². The van der Waals surface area contributed by atoms with Gasteiger partial charge in [-0.15, -0.1) is 0 Å². The SMILES string of the molecule is CCCOC(=O)c1nc(N(CC2CCCCC2)C(=O)NC)sc1N=Cc1ccccc1. The molecule has 1 saturated carbocycles. The molecule has 0 aliphatic heterocycles. The molecule has 8 heteroatoms. The van der Waals surface area contributed by atoms with Crippen LogP contribution in [0.1, 0.15) is 61.5 Å². The summed E-state index contributed by atoms with van der Waals surface area (Å²) in [5.41, 5.74) is 1.06. The number of esters is 1. The number of urea groups is 1. The quantitative estimate of drug-likeness (QED) is 0.451. The first-order valence-electron chi connectivity index (χ1n) is 10.9. The molecule has 1 aliphatic carbocycles. The van der Waals surface area contributed by atoms with Crippen LogP contribution in [0.2, 0.25) is 0 Å². The van der Waals surface area contributed by atoms with Crippen molar-refractivity contribution in [2.75, 3.05) is 25.1 Å². The summed E-state index contributed by atoms with van der Waals surface area (Å²) in [7, 11) is 1.61. The second-order valence-electron chi connectivity index (χ2n) is 7.62. The van der Waals surface area contributed by atoms with Gasteiger partial charge in [0.2, 0.25) is 0 Å². The molecule has 1 fully saturated rings. The fraction of sp³-hybridized carbons (Fsp3) is 0.478. The van der Waals surface area contributed by atoms with Crippen molar-refractivity contribution < 1.29 is 14.3 Å². The molecule has 2 aromatic rings. The maximum Gasteiger partial charge on any atom is 0.360 e. The van der Waals surface area contributed by atoms with Gasteiger partial charge in [0.05, 0.1) is 6.61 Å². The number of thiazole rings is 1. The number of carbonyl (C=O) groups excluding carboxylic acids is 2. The Balaban J connectivity index is 1.91. The van der Waals surface area contributed by atoms with E-state index in [0.29, 0.717) is 29.2 Å². The van der Waals surface area contributed by atoms with Gasteiger partial charge in [-0.25, -0.2) is 19.6 Å². The number of ether oxygens (including phenoxy) is 1. The number of hydrogen-bond acceptors (Lipinski definition) is 6. The van der Waals surface area contributed by atoms with Crippen LogP contribution < -0.4 is 10.2 Å². The molecule has 31 heavy (non-hydrogen) atoms. The molecule has 0 radical (unpaired) electrons. The average Bonchev–Trinajstić information content (AvgIpc) is 3.24. The molecule has 0 bridgehead atoms. The normalized spacial score (nSPS) is 14.5. The number of anilines is 1. The molecule has 3 rings (SSSR count). The molecule has 166 valence electrons. The topological polar surface area (TPSA) is 83.9 Å². The van der Waals surface area contributed by atoms with Crippen LogP contribution in [-0.2, 0) is 4.74 Å². The lowest BCUT2D eigenvalue weighted by atomic mass is 9.89. The van der Waals surface area contributed by atoms with Crippen LogP contribution in [-0.4, -0.2) is 43.4 Å². The first-order valence-corrected chi connectivity index (χ1v) is 11.7. The number of nitrogens with one attached hydrogen (secondary N) is 1. The van der Waals surface area contributed by atoms with E-state index < -0.39 is 5.97 Å². The predicted molar refractivity (Wildman–Crippen MR) is 125 cm³/mol. The summed E-state index contributed by atoms with van der Waals surface area (Å²) in [5.74, 6) is -0.0826. The van der Waals surface area contributed by atoms with E-state index in [1.165, 1.54) is 30.6 Å². The number of aliphatic imine (C=N–C) groups is 1. The summed E-state index contributed by atoms with van der Waals surface area (Å²) in [6.45, 7) is 2.83. The lowest BCUT2D eigenvalue weighted by Crippen LogP contribution is -2.41. The Morgan fingerprint density at radius 3 is 2.68 bits per heavy atom. The minimum Gasteiger partial charge on any atom is -0.461 e. The van der Waals surface area contributed by atoms with Crippen LogP contribution in [0.25, 0.3) is 0 Å². The second kappa shape index (κ2) is 11.6. The lowest BCUT2D eigenvalue weighted by molar-refractivity contribution is 0.0500. The smallest absolute Gasteiger partial charge is 0.360 e. The van der Waals surface area contributed by atoms with E-state index in [9.17, 15) is 9.59 Å². The van der Waals surface area contributed by atoms with Gasteiger partial charge in [-0.2, -0.15) is 0 Å². The summed E-state index contributed by atoms with van der Waals surface area (Å²) < 4.78 is 5.31. The highest BCUT2D eigenvalue weighted by Crippen LogP contribution is 2.35. The molecule has 0 unspecified atom stereocenters. The van der Waals surface area contributed by atoms with Gasteiger partial charge >= 0.3 is 12.0 Å². The number of nitrogens with zero attached hydrogens (tertiary/aromatic N) is 3. The highest BCUT2D eigenvalue weighted by molar-refractivity contribution is 7.19. The van der Waals surface area contributed by atoms with Gasteiger partial charge in [0.1, 0.15) is 0 Å². The van der Waals surface area contributed by atoms with E-state index in [2.05, 4.69) is 15.3 Å². The van der Waals surface area contributed by atoms with Crippen LogP contribution in [0.15, 0.2) is 35.3 Å². The Labute approximate surface area is 187 Å². The first kappa shape index (κ1) is 22.9. The van der Waals surface area contributed by atoms with Crippen LogP contribution in [0, 0.1) is 5.92 Å². The van der Waals surface area contributed by atoms with Gasteiger partial charge in [-0.05, 0) is 30.7 Å². The number of rotatable bonds is 8. The molecule has 1 aliphatic rings. The van der Waals surface area contributed by atoms with Gasteiger partial charge in [0.25, 0.3) is 0 Å². The Bertz CT molecular complexity index is 891. The van der Waals surface area contributed by atoms with E-state index in [-0.39, 0.29) is 11.7 Å². The second-order valence-corrected chi connectivity index (χ2v) is 8.58. The van der Waals surface area contributed by atoms with Crippen LogP contribution in [0.5, 0.6) is 0 Å². The third-order valence-corrected chi connectivity index (χ3v) is 6.20. The zero-order chi connectivity index (χ0) is 22.1. The van der Waals surface area contributed by atoms with Crippen molar-refractivity contribution in [3.8, 4) is 0 Å². The third kappa shape index (κ3) is 6.37. The summed E-state index contributed by atoms with van der Waals surface area (Å²) in [6.07, 6.45) is 8.24. The molecule has 1 N–H and O–H groups in total. The van der Waals surface area contributed by atoms with Crippen molar-refractivity contribution in [3.05, 3.63) is 41.6 Å². The van der Waals surface area contributed by atoms with Gasteiger partial charge in [-0.1, -0.05) is 67.9 Å². The van der Waals surface area contributed by atoms with Crippen molar-refractivity contribution in [2.24, 2.45) is 10.9 Å². The maximum absolute atomic E-state index is 12.7. The number of amides is 2. The van der Waals surface area contributed by atoms with Gasteiger partial charge < -0.3 is 10.1 Å². The number of hydrogen-bond donors (Lipinski definition) is 1. The monoisotopic (exact) mass is 442 g/mol. The minimum atomic E-state index is -0.515. The highest BCUT2D eigenvalue weighted by Gasteiger charge is 2.27. The number of benzene rings is 1. The largest absolute Gasteiger partial charge is 0.461 e. The summed E-state index contributed by atoms with van der Waals surface area (Å²) in [6, 6.07) is 9.41. The molecular weight excluding hydrogens is 412 g/mol. The predicted octanol–water partition coefficient (Wildman–Crippen LogP) is 5.19. The number of carbonyl (C=O) groups is 2. The average molecular weight is 443 g/mol. The highest BCUT2D eigenvalue weighted by atomic mass is 32.1. The minimum absolute atomic E-state index is 0.151. The van der Waals surface area contributed by atoms with E-state index in [4.69, 9.17) is 4.74 Å². The van der Waals surface area contributed by atoms with E-state index >= 15 is 0 Å². The molecule has 7 nitrogen and oxygen atoms in total. The van der Waals surface area contributed by atoms with Crippen molar-refractivity contribution in [2.45, 2.75) is 45.4 Å². The van der Waals surface area contributed by atoms with E-state index in [1.54, 1.807) is 18.2 Å². The lowest BCUT2D eigenvalue weighted by Gasteiger charge is -2.27. The zero-order valence-corrected chi connectivity index (χ0v) is 19.0. The Morgan fingerprint density at radius 2 is 2.00 bits per heavy atom. The standard InChI is InChI=1S/C23H30N4O3S/c1-3-14-30-21(28)19-20(25-15-17-10-6-4-7-11-17)31-23(26-19)27(22(29)24-2)16-18-12-8-5-9-13-18/h4,6-7,10-11,15,18H,3,5,8-9,12-14,16H2,1-2H3,(H,24,29). The van der Waals surface area contributed by atoms with Crippen molar-refractivity contribution >= 4 is 39.7 Å². The third-order valence-electron chi connectivity index (χ3n) is 5.21. The fourth-order valence-electron chi connectivity index (χ4n) is 3.58. The molecule has 1 aromatic heterocycles. The van der Waals surface area contributed by atoms with Crippen LogP contribution in [0.3, 0.4) is 0 Å². The van der Waals surface area contributed by atoms with Crippen molar-refractivity contribution in [1.29, 1.82) is 0 Å². The van der Waals surface area contributed by atoms with Crippen LogP contribution in [0.4, 0.5) is 14.9 Å². The number of aromatic nitrogens is 1. The Morgan fingerprint density at radius 1 is 1.26 bits per heavy atom. The first-order chi connectivity index (χ1) is 15.1. The van der Waals surface area contributed by atoms with Gasteiger partial charge in [0.15, 0.2) is 15.8 Å². The Kier molecular flexibility index (Phi) is 8.58. The van der Waals surface area contributed by atoms with Crippen molar-refractivity contribution in [1.82, 2.24) is 10.3 Å². The Hall–Kier alpha value is -2.74. The maximum atomic E-state index is 12.7. The molecule has 0 spiro atoms. The molecule has 1 heterocycles. The van der Waals surface area contributed by atoms with Crippen molar-refractivity contribution in [3.63, 3.8) is 0 Å². The fourth-order valence-corrected chi connectivity index (χ4v) is 4.49.